The van der Waals surface area contributed by atoms with E-state index in [2.05, 4.69) is 0 Å². The van der Waals surface area contributed by atoms with Crippen molar-refractivity contribution >= 4 is 20.7 Å². The fourth-order valence-corrected chi connectivity index (χ4v) is 4.28. The number of hydrogen-bond donors (Lipinski definition) is 0. The lowest BCUT2D eigenvalue weighted by Crippen LogP contribution is -2.04. The Morgan fingerprint density at radius 1 is 0.900 bits per heavy atom. The number of nitrogens with zero attached hydrogens (tertiary/aromatic N) is 1. The Labute approximate surface area is 118 Å². The lowest BCUT2D eigenvalue weighted by molar-refractivity contribution is 0.595. The Bertz CT molecular complexity index is 877. The summed E-state index contributed by atoms with van der Waals surface area (Å²) in [5.74, 6) is 0. The largest absolute Gasteiger partial charge is 0.347 e. The van der Waals surface area contributed by atoms with E-state index in [-0.39, 0.29) is 0 Å². The molecular formula is C16H15NO2S. The number of aromatic nitrogens is 1. The zero-order valence-electron chi connectivity index (χ0n) is 11.4. The number of sulfone groups is 1. The third-order valence-electron chi connectivity index (χ3n) is 3.66. The maximum Gasteiger partial charge on any atom is 0.208 e. The van der Waals surface area contributed by atoms with Crippen LogP contribution in [0.5, 0.6) is 0 Å². The van der Waals surface area contributed by atoms with Gasteiger partial charge in [0.05, 0.1) is 4.90 Å². The molecule has 0 spiro atoms. The molecule has 0 amide bonds. The number of rotatable bonds is 2. The minimum atomic E-state index is -3.50. The minimum absolute atomic E-state index is 0.333. The van der Waals surface area contributed by atoms with E-state index in [1.807, 2.05) is 48.9 Å². The molecule has 0 saturated heterocycles. The van der Waals surface area contributed by atoms with Crippen LogP contribution in [-0.2, 0) is 16.9 Å². The molecule has 20 heavy (non-hydrogen) atoms. The molecule has 0 fully saturated rings. The van der Waals surface area contributed by atoms with Gasteiger partial charge in [-0.2, -0.15) is 0 Å². The number of benzene rings is 2. The standard InChI is InChI=1S/C16H15NO2S/c1-12-16(14-10-6-7-11-15(14)17(12)2)20(18,19)13-8-4-3-5-9-13/h3-11H,1-2H3. The predicted octanol–water partition coefficient (Wildman–Crippen LogP) is 3.32. The van der Waals surface area contributed by atoms with Gasteiger partial charge in [0.1, 0.15) is 4.90 Å². The van der Waals surface area contributed by atoms with E-state index in [0.717, 1.165) is 16.6 Å². The summed E-state index contributed by atoms with van der Waals surface area (Å²) in [6, 6.07) is 16.2. The maximum atomic E-state index is 12.9. The second-order valence-corrected chi connectivity index (χ2v) is 6.69. The molecular weight excluding hydrogens is 270 g/mol. The van der Waals surface area contributed by atoms with Crippen LogP contribution in [0.4, 0.5) is 0 Å². The van der Waals surface area contributed by atoms with E-state index in [0.29, 0.717) is 9.79 Å². The van der Waals surface area contributed by atoms with Crippen LogP contribution < -0.4 is 0 Å². The van der Waals surface area contributed by atoms with Crippen LogP contribution in [0, 0.1) is 6.92 Å². The van der Waals surface area contributed by atoms with E-state index in [1.54, 1.807) is 24.3 Å². The van der Waals surface area contributed by atoms with Crippen LogP contribution in [0.3, 0.4) is 0 Å². The zero-order chi connectivity index (χ0) is 14.3. The quantitative estimate of drug-likeness (QED) is 0.724. The van der Waals surface area contributed by atoms with Gasteiger partial charge in [0, 0.05) is 23.6 Å². The topological polar surface area (TPSA) is 39.1 Å². The molecule has 3 nitrogen and oxygen atoms in total. The average Bonchev–Trinajstić information content (AvgIpc) is 2.73. The molecule has 0 aliphatic carbocycles. The van der Waals surface area contributed by atoms with Crippen molar-refractivity contribution < 1.29 is 8.42 Å². The smallest absolute Gasteiger partial charge is 0.208 e. The minimum Gasteiger partial charge on any atom is -0.347 e. The summed E-state index contributed by atoms with van der Waals surface area (Å²) >= 11 is 0. The normalized spacial score (nSPS) is 11.9. The van der Waals surface area contributed by atoms with Gasteiger partial charge >= 0.3 is 0 Å². The molecule has 0 unspecified atom stereocenters. The Balaban J connectivity index is 2.39. The van der Waals surface area contributed by atoms with E-state index in [4.69, 9.17) is 0 Å². The molecule has 0 atom stereocenters. The van der Waals surface area contributed by atoms with Gasteiger partial charge in [0.2, 0.25) is 9.84 Å². The highest BCUT2D eigenvalue weighted by molar-refractivity contribution is 7.91. The molecule has 3 rings (SSSR count). The first kappa shape index (κ1) is 12.9. The molecule has 0 radical (unpaired) electrons. The Hall–Kier alpha value is -2.07. The zero-order valence-corrected chi connectivity index (χ0v) is 12.2. The number of fused-ring (bicyclic) bond motifs is 1. The third-order valence-corrected chi connectivity index (χ3v) is 5.61. The molecule has 0 saturated carbocycles. The van der Waals surface area contributed by atoms with Gasteiger partial charge in [0.25, 0.3) is 0 Å². The predicted molar refractivity (Wildman–Crippen MR) is 79.5 cm³/mol. The Morgan fingerprint density at radius 2 is 1.50 bits per heavy atom. The summed E-state index contributed by atoms with van der Waals surface area (Å²) in [6.45, 7) is 1.84. The van der Waals surface area contributed by atoms with Crippen molar-refractivity contribution in [2.75, 3.05) is 0 Å². The molecule has 102 valence electrons. The van der Waals surface area contributed by atoms with Crippen molar-refractivity contribution in [2.24, 2.45) is 7.05 Å². The van der Waals surface area contributed by atoms with E-state index in [9.17, 15) is 8.42 Å². The van der Waals surface area contributed by atoms with Gasteiger partial charge in [0.15, 0.2) is 0 Å². The number of aryl methyl sites for hydroxylation is 1. The Kier molecular flexibility index (Phi) is 2.91. The van der Waals surface area contributed by atoms with E-state index >= 15 is 0 Å². The van der Waals surface area contributed by atoms with E-state index < -0.39 is 9.84 Å². The van der Waals surface area contributed by atoms with Crippen molar-refractivity contribution in [2.45, 2.75) is 16.7 Å². The molecule has 0 aliphatic rings. The van der Waals surface area contributed by atoms with Gasteiger partial charge < -0.3 is 4.57 Å². The highest BCUT2D eigenvalue weighted by atomic mass is 32.2. The molecule has 2 aromatic carbocycles. The van der Waals surface area contributed by atoms with Crippen molar-refractivity contribution in [3.8, 4) is 0 Å². The van der Waals surface area contributed by atoms with Gasteiger partial charge in [-0.3, -0.25) is 0 Å². The summed E-state index contributed by atoms with van der Waals surface area (Å²) < 4.78 is 27.7. The van der Waals surface area contributed by atoms with Crippen LogP contribution in [0.25, 0.3) is 10.9 Å². The summed E-state index contributed by atoms with van der Waals surface area (Å²) in [7, 11) is -1.61. The van der Waals surface area contributed by atoms with Gasteiger partial charge in [-0.05, 0) is 25.1 Å². The van der Waals surface area contributed by atoms with Crippen molar-refractivity contribution in [1.82, 2.24) is 4.57 Å². The molecule has 1 heterocycles. The highest BCUT2D eigenvalue weighted by Gasteiger charge is 2.25. The van der Waals surface area contributed by atoms with Crippen molar-refractivity contribution in [3.63, 3.8) is 0 Å². The monoisotopic (exact) mass is 285 g/mol. The first-order valence-electron chi connectivity index (χ1n) is 6.37. The summed E-state index contributed by atoms with van der Waals surface area (Å²) in [6.07, 6.45) is 0. The second kappa shape index (κ2) is 4.49. The lowest BCUT2D eigenvalue weighted by atomic mass is 10.2. The average molecular weight is 285 g/mol. The fourth-order valence-electron chi connectivity index (χ4n) is 2.54. The van der Waals surface area contributed by atoms with Crippen LogP contribution >= 0.6 is 0 Å². The second-order valence-electron chi connectivity index (χ2n) is 4.81. The van der Waals surface area contributed by atoms with Crippen LogP contribution in [0.15, 0.2) is 64.4 Å². The molecule has 3 aromatic rings. The lowest BCUT2D eigenvalue weighted by Gasteiger charge is -2.05. The van der Waals surface area contributed by atoms with Gasteiger partial charge in [-0.25, -0.2) is 8.42 Å². The molecule has 0 N–H and O–H groups in total. The first-order chi connectivity index (χ1) is 9.53. The van der Waals surface area contributed by atoms with E-state index in [1.165, 1.54) is 0 Å². The summed E-state index contributed by atoms with van der Waals surface area (Å²) in [5.41, 5.74) is 1.69. The maximum absolute atomic E-state index is 12.9. The van der Waals surface area contributed by atoms with Gasteiger partial charge in [-0.15, -0.1) is 0 Å². The molecule has 0 bridgehead atoms. The summed E-state index contributed by atoms with van der Waals surface area (Å²) in [5, 5.41) is 0.774. The molecule has 0 aliphatic heterocycles. The van der Waals surface area contributed by atoms with Crippen molar-refractivity contribution in [3.05, 3.63) is 60.3 Å². The highest BCUT2D eigenvalue weighted by Crippen LogP contribution is 2.32. The molecule has 1 aromatic heterocycles. The summed E-state index contributed by atoms with van der Waals surface area (Å²) in [4.78, 5) is 0.737. The third kappa shape index (κ3) is 1.76. The Morgan fingerprint density at radius 3 is 2.20 bits per heavy atom. The number of para-hydroxylation sites is 1. The number of hydrogen-bond acceptors (Lipinski definition) is 2. The molecule has 4 heteroatoms. The van der Waals surface area contributed by atoms with Crippen molar-refractivity contribution in [1.29, 1.82) is 0 Å². The van der Waals surface area contributed by atoms with Gasteiger partial charge in [-0.1, -0.05) is 36.4 Å². The fraction of sp³-hybridized carbons (Fsp3) is 0.125. The van der Waals surface area contributed by atoms with Crippen LogP contribution in [0.2, 0.25) is 0 Å². The SMILES string of the molecule is Cc1c(S(=O)(=O)c2ccccc2)c2ccccc2n1C. The van der Waals surface area contributed by atoms with Crippen LogP contribution in [0.1, 0.15) is 5.69 Å². The van der Waals surface area contributed by atoms with Crippen LogP contribution in [-0.4, -0.2) is 13.0 Å². The first-order valence-corrected chi connectivity index (χ1v) is 7.86.